The van der Waals surface area contributed by atoms with Gasteiger partial charge in [0.15, 0.2) is 0 Å². The summed E-state index contributed by atoms with van der Waals surface area (Å²) in [6.07, 6.45) is 5.96. The molecule has 17 heavy (non-hydrogen) atoms. The molecule has 1 N–H and O–H groups in total. The molecule has 0 saturated heterocycles. The number of aromatic nitrogens is 3. The lowest BCUT2D eigenvalue weighted by Crippen LogP contribution is -2.17. The number of thiazole rings is 1. The third-order valence-corrected chi connectivity index (χ3v) is 3.26. The van der Waals surface area contributed by atoms with Crippen molar-refractivity contribution in [2.24, 2.45) is 0 Å². The maximum absolute atomic E-state index is 4.29. The lowest BCUT2D eigenvalue weighted by Gasteiger charge is -2.07. The van der Waals surface area contributed by atoms with Crippen LogP contribution in [-0.4, -0.2) is 21.1 Å². The third-order valence-electron chi connectivity index (χ3n) is 2.62. The van der Waals surface area contributed by atoms with E-state index >= 15 is 0 Å². The maximum atomic E-state index is 4.29. The van der Waals surface area contributed by atoms with Gasteiger partial charge in [0.25, 0.3) is 0 Å². The van der Waals surface area contributed by atoms with Crippen molar-refractivity contribution in [2.75, 3.05) is 6.54 Å². The van der Waals surface area contributed by atoms with Gasteiger partial charge in [-0.25, -0.2) is 9.97 Å². The zero-order valence-electron chi connectivity index (χ0n) is 10.1. The third kappa shape index (κ3) is 3.64. The summed E-state index contributed by atoms with van der Waals surface area (Å²) in [7, 11) is 0. The highest BCUT2D eigenvalue weighted by Gasteiger charge is 2.02. The lowest BCUT2D eigenvalue weighted by atomic mass is 10.3. The van der Waals surface area contributed by atoms with E-state index in [4.69, 9.17) is 0 Å². The van der Waals surface area contributed by atoms with Crippen LogP contribution in [0.2, 0.25) is 0 Å². The van der Waals surface area contributed by atoms with Gasteiger partial charge in [-0.3, -0.25) is 0 Å². The highest BCUT2D eigenvalue weighted by molar-refractivity contribution is 7.07. The molecule has 2 aromatic heterocycles. The first-order valence-corrected chi connectivity index (χ1v) is 6.91. The molecule has 0 saturated carbocycles. The molecule has 0 bridgehead atoms. The van der Waals surface area contributed by atoms with Gasteiger partial charge >= 0.3 is 0 Å². The molecular formula is C12H18N4S. The van der Waals surface area contributed by atoms with E-state index in [1.165, 1.54) is 5.69 Å². The molecule has 92 valence electrons. The Morgan fingerprint density at radius 2 is 2.41 bits per heavy atom. The second-order valence-electron chi connectivity index (χ2n) is 3.98. The number of nitrogens with one attached hydrogen (secondary N) is 1. The summed E-state index contributed by atoms with van der Waals surface area (Å²) >= 11 is 1.65. The minimum absolute atomic E-state index is 0.894. The Hall–Kier alpha value is -1.20. The van der Waals surface area contributed by atoms with Gasteiger partial charge in [0.05, 0.1) is 23.2 Å². The van der Waals surface area contributed by atoms with E-state index in [-0.39, 0.29) is 0 Å². The summed E-state index contributed by atoms with van der Waals surface area (Å²) in [6, 6.07) is 0. The van der Waals surface area contributed by atoms with Gasteiger partial charge in [-0.2, -0.15) is 0 Å². The van der Waals surface area contributed by atoms with E-state index in [0.717, 1.165) is 38.2 Å². The topological polar surface area (TPSA) is 42.7 Å². The summed E-state index contributed by atoms with van der Waals surface area (Å²) in [5.74, 6) is 0. The number of hydrogen-bond donors (Lipinski definition) is 1. The zero-order chi connectivity index (χ0) is 11.9. The van der Waals surface area contributed by atoms with E-state index in [9.17, 15) is 0 Å². The van der Waals surface area contributed by atoms with Gasteiger partial charge in [-0.15, -0.1) is 11.3 Å². The molecule has 0 radical (unpaired) electrons. The minimum Gasteiger partial charge on any atom is -0.333 e. The molecule has 2 heterocycles. The molecule has 0 fully saturated rings. The maximum Gasteiger partial charge on any atom is 0.0948 e. The van der Waals surface area contributed by atoms with Crippen molar-refractivity contribution >= 4 is 11.3 Å². The van der Waals surface area contributed by atoms with E-state index in [1.807, 2.05) is 18.0 Å². The standard InChI is InChI=1S/C12H18N4S/c1-2-4-13-6-12-7-14-9-16(12)5-3-11-8-17-10-15-11/h7-10,13H,2-6H2,1H3. The van der Waals surface area contributed by atoms with Crippen molar-refractivity contribution in [1.29, 1.82) is 0 Å². The lowest BCUT2D eigenvalue weighted by molar-refractivity contribution is 0.602. The molecule has 0 aliphatic carbocycles. The van der Waals surface area contributed by atoms with E-state index in [0.29, 0.717) is 0 Å². The van der Waals surface area contributed by atoms with Crippen LogP contribution in [0.15, 0.2) is 23.4 Å². The molecule has 0 aromatic carbocycles. The van der Waals surface area contributed by atoms with Crippen molar-refractivity contribution in [3.63, 3.8) is 0 Å². The van der Waals surface area contributed by atoms with E-state index in [1.54, 1.807) is 11.3 Å². The molecule has 5 heteroatoms. The predicted octanol–water partition coefficient (Wildman–Crippen LogP) is 2.08. The Labute approximate surface area is 106 Å². The van der Waals surface area contributed by atoms with Crippen LogP contribution in [0.5, 0.6) is 0 Å². The van der Waals surface area contributed by atoms with Gasteiger partial charge in [0.2, 0.25) is 0 Å². The van der Waals surface area contributed by atoms with Gasteiger partial charge in [0.1, 0.15) is 0 Å². The predicted molar refractivity (Wildman–Crippen MR) is 70.0 cm³/mol. The summed E-state index contributed by atoms with van der Waals surface area (Å²) in [5.41, 5.74) is 4.29. The van der Waals surface area contributed by atoms with Gasteiger partial charge in [-0.05, 0) is 13.0 Å². The molecule has 0 spiro atoms. The largest absolute Gasteiger partial charge is 0.333 e. The van der Waals surface area contributed by atoms with Crippen LogP contribution in [0.25, 0.3) is 0 Å². The summed E-state index contributed by atoms with van der Waals surface area (Å²) < 4.78 is 2.20. The van der Waals surface area contributed by atoms with E-state index < -0.39 is 0 Å². The second-order valence-corrected chi connectivity index (χ2v) is 4.70. The Morgan fingerprint density at radius 1 is 1.47 bits per heavy atom. The Balaban J connectivity index is 1.85. The van der Waals surface area contributed by atoms with Crippen LogP contribution in [0.3, 0.4) is 0 Å². The Bertz CT molecular complexity index is 421. The SMILES string of the molecule is CCCNCc1cncn1CCc1cscn1. The number of nitrogens with zero attached hydrogens (tertiary/aromatic N) is 3. The van der Waals surface area contributed by atoms with Crippen molar-refractivity contribution < 1.29 is 0 Å². The van der Waals surface area contributed by atoms with Crippen molar-refractivity contribution in [3.05, 3.63) is 34.8 Å². The van der Waals surface area contributed by atoms with Crippen LogP contribution in [-0.2, 0) is 19.5 Å². The fraction of sp³-hybridized carbons (Fsp3) is 0.500. The normalized spacial score (nSPS) is 10.9. The van der Waals surface area contributed by atoms with Crippen LogP contribution < -0.4 is 5.32 Å². The van der Waals surface area contributed by atoms with Crippen molar-refractivity contribution in [2.45, 2.75) is 32.9 Å². The summed E-state index contributed by atoms with van der Waals surface area (Å²) in [5, 5.41) is 5.50. The number of imidazole rings is 1. The van der Waals surface area contributed by atoms with Crippen LogP contribution in [0.4, 0.5) is 0 Å². The minimum atomic E-state index is 0.894. The average Bonchev–Trinajstić information content (AvgIpc) is 2.97. The van der Waals surface area contributed by atoms with Gasteiger partial charge in [0, 0.05) is 31.1 Å². The molecular weight excluding hydrogens is 232 g/mol. The molecule has 2 aromatic rings. The first-order valence-electron chi connectivity index (χ1n) is 5.97. The van der Waals surface area contributed by atoms with E-state index in [2.05, 4.69) is 32.2 Å². The monoisotopic (exact) mass is 250 g/mol. The first kappa shape index (κ1) is 12.3. The van der Waals surface area contributed by atoms with Crippen molar-refractivity contribution in [3.8, 4) is 0 Å². The molecule has 0 aliphatic rings. The fourth-order valence-electron chi connectivity index (χ4n) is 1.69. The number of rotatable bonds is 7. The molecule has 0 amide bonds. The second kappa shape index (κ2) is 6.51. The smallest absolute Gasteiger partial charge is 0.0948 e. The Kier molecular flexibility index (Phi) is 4.70. The highest BCUT2D eigenvalue weighted by atomic mass is 32.1. The first-order chi connectivity index (χ1) is 8.40. The average molecular weight is 250 g/mol. The van der Waals surface area contributed by atoms with Crippen LogP contribution >= 0.6 is 11.3 Å². The highest BCUT2D eigenvalue weighted by Crippen LogP contribution is 2.05. The van der Waals surface area contributed by atoms with Gasteiger partial charge in [-0.1, -0.05) is 6.92 Å². The summed E-state index contributed by atoms with van der Waals surface area (Å²) in [4.78, 5) is 8.50. The van der Waals surface area contributed by atoms with Crippen LogP contribution in [0.1, 0.15) is 24.7 Å². The quantitative estimate of drug-likeness (QED) is 0.765. The molecule has 0 aliphatic heterocycles. The Morgan fingerprint density at radius 3 is 3.18 bits per heavy atom. The summed E-state index contributed by atoms with van der Waals surface area (Å²) in [6.45, 7) is 5.07. The number of hydrogen-bond acceptors (Lipinski definition) is 4. The van der Waals surface area contributed by atoms with Crippen LogP contribution in [0, 0.1) is 0 Å². The molecule has 0 atom stereocenters. The van der Waals surface area contributed by atoms with Gasteiger partial charge < -0.3 is 9.88 Å². The zero-order valence-corrected chi connectivity index (χ0v) is 10.9. The number of aryl methyl sites for hydroxylation is 2. The molecule has 4 nitrogen and oxygen atoms in total. The molecule has 2 rings (SSSR count). The molecule has 0 unspecified atom stereocenters. The van der Waals surface area contributed by atoms with Crippen molar-refractivity contribution in [1.82, 2.24) is 19.9 Å². The fourth-order valence-corrected chi connectivity index (χ4v) is 2.28.